The zero-order valence-electron chi connectivity index (χ0n) is 20.5. The largest absolute Gasteiger partial charge is 0.435 e. The Morgan fingerprint density at radius 3 is 2.42 bits per heavy atom. The second-order valence-corrected chi connectivity index (χ2v) is 10.1. The van der Waals surface area contributed by atoms with Gasteiger partial charge in [0, 0.05) is 17.5 Å². The first-order chi connectivity index (χ1) is 17.7. The number of thioether (sulfide) groups is 1. The van der Waals surface area contributed by atoms with Crippen LogP contribution in [0.1, 0.15) is 44.6 Å². The van der Waals surface area contributed by atoms with Crippen LogP contribution in [0, 0.1) is 13.8 Å². The van der Waals surface area contributed by atoms with Crippen LogP contribution in [0.5, 0.6) is 0 Å². The van der Waals surface area contributed by atoms with E-state index in [-0.39, 0.29) is 41.5 Å². The highest BCUT2D eigenvalue weighted by atomic mass is 32.2. The van der Waals surface area contributed by atoms with E-state index in [1.165, 1.54) is 46.7 Å². The Labute approximate surface area is 218 Å². The predicted octanol–water partition coefficient (Wildman–Crippen LogP) is 5.47. The Morgan fingerprint density at radius 2 is 1.82 bits per heavy atom. The fraction of sp³-hybridized carbons (Fsp3) is 0.400. The highest BCUT2D eigenvalue weighted by Crippen LogP contribution is 2.50. The third-order valence-electron chi connectivity index (χ3n) is 6.44. The number of hydrogen-bond acceptors (Lipinski definition) is 5. The van der Waals surface area contributed by atoms with Gasteiger partial charge in [-0.25, -0.2) is 0 Å². The van der Waals surface area contributed by atoms with Gasteiger partial charge >= 0.3 is 12.4 Å². The molecule has 0 saturated carbocycles. The molecule has 1 fully saturated rings. The van der Waals surface area contributed by atoms with E-state index in [9.17, 15) is 35.9 Å². The maximum absolute atomic E-state index is 14.3. The minimum absolute atomic E-state index is 0.00861. The lowest BCUT2D eigenvalue weighted by Crippen LogP contribution is -2.43. The Morgan fingerprint density at radius 1 is 1.11 bits per heavy atom. The van der Waals surface area contributed by atoms with Crippen molar-refractivity contribution >= 4 is 29.3 Å². The van der Waals surface area contributed by atoms with E-state index in [0.29, 0.717) is 17.5 Å². The van der Waals surface area contributed by atoms with Crippen LogP contribution >= 0.6 is 11.8 Å². The number of hydrogen-bond donors (Lipinski definition) is 0. The maximum Gasteiger partial charge on any atom is 0.435 e. The number of oxime groups is 1. The Balaban J connectivity index is 1.61. The Kier molecular flexibility index (Phi) is 7.19. The summed E-state index contributed by atoms with van der Waals surface area (Å²) in [6, 6.07) is 6.51. The molecule has 1 unspecified atom stereocenters. The molecular weight excluding hydrogens is 536 g/mol. The highest BCUT2D eigenvalue weighted by molar-refractivity contribution is 7.98. The van der Waals surface area contributed by atoms with Gasteiger partial charge in [0.05, 0.1) is 23.8 Å². The van der Waals surface area contributed by atoms with E-state index in [1.807, 2.05) is 6.26 Å². The molecule has 0 radical (unpaired) electrons. The Hall–Kier alpha value is -3.22. The molecule has 2 aliphatic rings. The molecule has 2 heterocycles. The van der Waals surface area contributed by atoms with E-state index < -0.39 is 41.4 Å². The monoisotopic (exact) mass is 559 g/mol. The van der Waals surface area contributed by atoms with Crippen molar-refractivity contribution < 1.29 is 40.8 Å². The van der Waals surface area contributed by atoms with E-state index in [0.717, 1.165) is 12.1 Å². The second-order valence-electron chi connectivity index (χ2n) is 9.24. The first-order valence-corrected chi connectivity index (χ1v) is 12.7. The predicted molar refractivity (Wildman–Crippen MR) is 128 cm³/mol. The standard InChI is InChI=1S/C25H23F6N3O3S/c1-14-6-17(9-18(7-14)24(26,27)28)23(25(29,30)31)10-20(32-37-23)16-4-5-19(15(2)8-16)22(36)33-11-21(35)34(12-33)13-38-3/h4-9H,10-13H2,1-3H3. The average molecular weight is 560 g/mol. The van der Waals surface area contributed by atoms with Gasteiger partial charge in [0.25, 0.3) is 11.5 Å². The Bertz CT molecular complexity index is 1310. The van der Waals surface area contributed by atoms with Crippen LogP contribution in [-0.4, -0.2) is 58.8 Å². The zero-order chi connectivity index (χ0) is 28.0. The van der Waals surface area contributed by atoms with Gasteiger partial charge in [0.15, 0.2) is 0 Å². The van der Waals surface area contributed by atoms with Gasteiger partial charge < -0.3 is 14.6 Å². The summed E-state index contributed by atoms with van der Waals surface area (Å²) in [6.07, 6.45) is -8.95. The summed E-state index contributed by atoms with van der Waals surface area (Å²) < 4.78 is 83.0. The van der Waals surface area contributed by atoms with E-state index >= 15 is 0 Å². The molecule has 0 aromatic heterocycles. The lowest BCUT2D eigenvalue weighted by Gasteiger charge is -2.30. The van der Waals surface area contributed by atoms with Gasteiger partial charge in [-0.3, -0.25) is 9.59 Å². The van der Waals surface area contributed by atoms with Crippen molar-refractivity contribution in [3.63, 3.8) is 0 Å². The zero-order valence-corrected chi connectivity index (χ0v) is 21.4. The molecule has 2 aliphatic heterocycles. The van der Waals surface area contributed by atoms with E-state index in [2.05, 4.69) is 5.16 Å². The third-order valence-corrected chi connectivity index (χ3v) is 7.01. The number of alkyl halides is 6. The number of carbonyl (C=O) groups excluding carboxylic acids is 2. The molecule has 204 valence electrons. The van der Waals surface area contributed by atoms with Crippen molar-refractivity contribution in [1.29, 1.82) is 0 Å². The van der Waals surface area contributed by atoms with Crippen molar-refractivity contribution in [2.45, 2.75) is 38.2 Å². The normalized spacial score (nSPS) is 20.1. The maximum atomic E-state index is 14.3. The fourth-order valence-electron chi connectivity index (χ4n) is 4.49. The summed E-state index contributed by atoms with van der Waals surface area (Å²) >= 11 is 1.44. The van der Waals surface area contributed by atoms with Crippen LogP contribution < -0.4 is 0 Å². The van der Waals surface area contributed by atoms with Gasteiger partial charge in [0.1, 0.15) is 6.54 Å². The van der Waals surface area contributed by atoms with Crippen LogP contribution in [0.25, 0.3) is 0 Å². The summed E-state index contributed by atoms with van der Waals surface area (Å²) in [5.74, 6) is -0.153. The van der Waals surface area contributed by atoms with Crippen molar-refractivity contribution in [2.24, 2.45) is 5.16 Å². The van der Waals surface area contributed by atoms with Gasteiger partial charge in [-0.1, -0.05) is 22.9 Å². The van der Waals surface area contributed by atoms with Crippen LogP contribution in [-0.2, 0) is 21.4 Å². The van der Waals surface area contributed by atoms with Crippen molar-refractivity contribution in [2.75, 3.05) is 25.3 Å². The molecule has 2 aromatic rings. The summed E-state index contributed by atoms with van der Waals surface area (Å²) in [5, 5.41) is 3.62. The number of amides is 2. The quantitative estimate of drug-likeness (QED) is 0.456. The molecule has 0 spiro atoms. The third kappa shape index (κ3) is 5.07. The van der Waals surface area contributed by atoms with Crippen LogP contribution in [0.15, 0.2) is 41.6 Å². The first-order valence-electron chi connectivity index (χ1n) is 11.3. The van der Waals surface area contributed by atoms with Gasteiger partial charge in [-0.15, -0.1) is 11.8 Å². The number of carbonyl (C=O) groups is 2. The minimum atomic E-state index is -5.08. The number of benzene rings is 2. The number of rotatable bonds is 5. The summed E-state index contributed by atoms with van der Waals surface area (Å²) in [6.45, 7) is 2.92. The summed E-state index contributed by atoms with van der Waals surface area (Å²) in [5.41, 5.74) is -4.22. The summed E-state index contributed by atoms with van der Waals surface area (Å²) in [4.78, 5) is 32.9. The van der Waals surface area contributed by atoms with E-state index in [4.69, 9.17) is 4.84 Å². The molecule has 0 aliphatic carbocycles. The van der Waals surface area contributed by atoms with Crippen molar-refractivity contribution in [3.05, 3.63) is 69.8 Å². The molecule has 4 rings (SSSR count). The van der Waals surface area contributed by atoms with Crippen LogP contribution in [0.4, 0.5) is 26.3 Å². The van der Waals surface area contributed by atoms with E-state index in [1.54, 1.807) is 6.92 Å². The van der Waals surface area contributed by atoms with Crippen molar-refractivity contribution in [1.82, 2.24) is 9.80 Å². The minimum Gasteiger partial charge on any atom is -0.374 e. The van der Waals surface area contributed by atoms with Gasteiger partial charge in [-0.2, -0.15) is 26.3 Å². The van der Waals surface area contributed by atoms with Crippen LogP contribution in [0.3, 0.4) is 0 Å². The molecule has 1 saturated heterocycles. The topological polar surface area (TPSA) is 62.2 Å². The highest BCUT2D eigenvalue weighted by Gasteiger charge is 2.62. The first kappa shape index (κ1) is 27.8. The molecule has 0 N–H and O–H groups in total. The smallest absolute Gasteiger partial charge is 0.374 e. The lowest BCUT2D eigenvalue weighted by molar-refractivity contribution is -0.276. The molecule has 1 atom stereocenters. The second kappa shape index (κ2) is 9.83. The van der Waals surface area contributed by atoms with Crippen LogP contribution in [0.2, 0.25) is 0 Å². The molecule has 0 bridgehead atoms. The van der Waals surface area contributed by atoms with Gasteiger partial charge in [-0.05, 0) is 55.5 Å². The number of aryl methyl sites for hydroxylation is 2. The molecule has 13 heteroatoms. The summed E-state index contributed by atoms with van der Waals surface area (Å²) in [7, 11) is 0. The van der Waals surface area contributed by atoms with Gasteiger partial charge in [0.2, 0.25) is 5.91 Å². The lowest BCUT2D eigenvalue weighted by atomic mass is 9.84. The number of nitrogens with zero attached hydrogens (tertiary/aromatic N) is 3. The number of halogens is 6. The molecule has 2 aromatic carbocycles. The average Bonchev–Trinajstić information content (AvgIpc) is 3.43. The molecule has 6 nitrogen and oxygen atoms in total. The molecular formula is C25H23F6N3O3S. The SMILES string of the molecule is CSCN1CN(C(=O)c2ccc(C3=NOC(c4cc(C)cc(C(F)(F)F)c4)(C(F)(F)F)C3)cc2C)CC1=O. The van der Waals surface area contributed by atoms with Crippen molar-refractivity contribution in [3.8, 4) is 0 Å². The molecule has 2 amide bonds. The fourth-order valence-corrected chi connectivity index (χ4v) is 5.03. The molecule has 38 heavy (non-hydrogen) atoms.